The summed E-state index contributed by atoms with van der Waals surface area (Å²) < 4.78 is 0. The van der Waals surface area contributed by atoms with Crippen LogP contribution in [0.25, 0.3) is 0 Å². The van der Waals surface area contributed by atoms with E-state index in [0.29, 0.717) is 5.88 Å². The van der Waals surface area contributed by atoms with Crippen molar-refractivity contribution in [2.45, 2.75) is 12.3 Å². The third-order valence-corrected chi connectivity index (χ3v) is 7.74. The highest BCUT2D eigenvalue weighted by Gasteiger charge is 2.19. The number of halogens is 2. The van der Waals surface area contributed by atoms with Gasteiger partial charge in [0.25, 0.3) is 0 Å². The minimum absolute atomic E-state index is 0. The van der Waals surface area contributed by atoms with E-state index in [1.165, 1.54) is 32.6 Å². The molecule has 0 spiro atoms. The van der Waals surface area contributed by atoms with E-state index in [-0.39, 0.29) is 12.4 Å². The van der Waals surface area contributed by atoms with Crippen LogP contribution in [-0.2, 0) is 12.3 Å². The van der Waals surface area contributed by atoms with E-state index >= 15 is 0 Å². The minimum Gasteiger partial charge on any atom is -0.147 e. The molecule has 0 saturated heterocycles. The fourth-order valence-corrected chi connectivity index (χ4v) is 6.26. The standard InChI is InChI=1S/C26H22ClP.ClH/c27-20-23-13-8-7-11-21(23)19-22-12-9-10-18-26(22)28(24-14-3-1-4-15-24)25-16-5-2-6-17-25;/h1-18H,19-20H2;1H. The van der Waals surface area contributed by atoms with Gasteiger partial charge < -0.3 is 0 Å². The molecule has 0 radical (unpaired) electrons. The molecule has 146 valence electrons. The molecular weight excluding hydrogens is 414 g/mol. The van der Waals surface area contributed by atoms with E-state index in [1.54, 1.807) is 0 Å². The van der Waals surface area contributed by atoms with Gasteiger partial charge in [-0.2, -0.15) is 0 Å². The van der Waals surface area contributed by atoms with Gasteiger partial charge in [0.15, 0.2) is 0 Å². The fraction of sp³-hybridized carbons (Fsp3) is 0.0769. The van der Waals surface area contributed by atoms with Gasteiger partial charge in [-0.1, -0.05) is 109 Å². The highest BCUT2D eigenvalue weighted by molar-refractivity contribution is 7.79. The van der Waals surface area contributed by atoms with Crippen molar-refractivity contribution in [3.05, 3.63) is 126 Å². The second-order valence-corrected chi connectivity index (χ2v) is 9.17. The first-order valence-electron chi connectivity index (χ1n) is 9.47. The number of hydrogen-bond donors (Lipinski definition) is 0. The third kappa shape index (κ3) is 5.09. The lowest BCUT2D eigenvalue weighted by atomic mass is 10.0. The molecule has 0 saturated carbocycles. The van der Waals surface area contributed by atoms with Gasteiger partial charge in [0.1, 0.15) is 0 Å². The van der Waals surface area contributed by atoms with E-state index < -0.39 is 7.92 Å². The minimum atomic E-state index is -0.610. The van der Waals surface area contributed by atoms with Gasteiger partial charge in [-0.05, 0) is 46.9 Å². The van der Waals surface area contributed by atoms with E-state index in [2.05, 4.69) is 109 Å². The molecule has 0 bridgehead atoms. The zero-order valence-corrected chi connectivity index (χ0v) is 18.5. The maximum absolute atomic E-state index is 6.20. The first kappa shape index (κ1) is 21.6. The Kier molecular flexibility index (Phi) is 7.90. The van der Waals surface area contributed by atoms with Crippen LogP contribution in [0, 0.1) is 0 Å². The molecule has 29 heavy (non-hydrogen) atoms. The zero-order chi connectivity index (χ0) is 19.2. The van der Waals surface area contributed by atoms with Crippen molar-refractivity contribution >= 4 is 47.8 Å². The Balaban J connectivity index is 0.00000240. The molecule has 0 amide bonds. The van der Waals surface area contributed by atoms with Crippen LogP contribution in [0.4, 0.5) is 0 Å². The summed E-state index contributed by atoms with van der Waals surface area (Å²) in [7, 11) is -0.610. The SMILES string of the molecule is Cl.ClCc1ccccc1Cc1ccccc1P(c1ccccc1)c1ccccc1. The van der Waals surface area contributed by atoms with Crippen molar-refractivity contribution in [1.82, 2.24) is 0 Å². The van der Waals surface area contributed by atoms with Gasteiger partial charge >= 0.3 is 0 Å². The highest BCUT2D eigenvalue weighted by atomic mass is 35.5. The maximum atomic E-state index is 6.20. The van der Waals surface area contributed by atoms with Crippen LogP contribution < -0.4 is 15.9 Å². The van der Waals surface area contributed by atoms with Crippen molar-refractivity contribution in [3.63, 3.8) is 0 Å². The maximum Gasteiger partial charge on any atom is 0.0476 e. The molecule has 0 unspecified atom stereocenters. The van der Waals surface area contributed by atoms with Gasteiger partial charge in [0, 0.05) is 5.88 Å². The Morgan fingerprint density at radius 1 is 0.517 bits per heavy atom. The summed E-state index contributed by atoms with van der Waals surface area (Å²) >= 11 is 6.20. The summed E-state index contributed by atoms with van der Waals surface area (Å²) in [6, 6.07) is 39.1. The average molecular weight is 437 g/mol. The molecule has 3 heteroatoms. The van der Waals surface area contributed by atoms with Crippen LogP contribution in [0.1, 0.15) is 16.7 Å². The molecule has 0 heterocycles. The monoisotopic (exact) mass is 436 g/mol. The molecule has 4 rings (SSSR count). The van der Waals surface area contributed by atoms with Crippen molar-refractivity contribution in [2.24, 2.45) is 0 Å². The van der Waals surface area contributed by atoms with Crippen molar-refractivity contribution < 1.29 is 0 Å². The molecule has 4 aromatic carbocycles. The van der Waals surface area contributed by atoms with Crippen LogP contribution >= 0.6 is 31.9 Å². The van der Waals surface area contributed by atoms with Crippen molar-refractivity contribution in [1.29, 1.82) is 0 Å². The molecule has 0 aliphatic heterocycles. The molecular formula is C26H23Cl2P. The summed E-state index contributed by atoms with van der Waals surface area (Å²) in [5.41, 5.74) is 3.89. The van der Waals surface area contributed by atoms with Crippen molar-refractivity contribution in [2.75, 3.05) is 0 Å². The molecule has 0 aliphatic carbocycles. The first-order chi connectivity index (χ1) is 13.9. The van der Waals surface area contributed by atoms with E-state index in [9.17, 15) is 0 Å². The zero-order valence-electron chi connectivity index (χ0n) is 16.0. The van der Waals surface area contributed by atoms with Crippen LogP contribution in [-0.4, -0.2) is 0 Å². The summed E-state index contributed by atoms with van der Waals surface area (Å²) in [5.74, 6) is 0.546. The lowest BCUT2D eigenvalue weighted by Gasteiger charge is -2.22. The number of rotatable bonds is 6. The molecule has 0 aliphatic rings. The lowest BCUT2D eigenvalue weighted by Crippen LogP contribution is -2.23. The Hall–Kier alpha value is -2.11. The van der Waals surface area contributed by atoms with Gasteiger partial charge in [-0.3, -0.25) is 0 Å². The Bertz CT molecular complexity index is 993. The van der Waals surface area contributed by atoms with Crippen LogP contribution in [0.5, 0.6) is 0 Å². The molecule has 0 atom stereocenters. The third-order valence-electron chi connectivity index (χ3n) is 4.90. The molecule has 4 aromatic rings. The topological polar surface area (TPSA) is 0 Å². The summed E-state index contributed by atoms with van der Waals surface area (Å²) in [5, 5.41) is 4.17. The predicted octanol–water partition coefficient (Wildman–Crippen LogP) is 6.20. The second kappa shape index (κ2) is 10.6. The summed E-state index contributed by atoms with van der Waals surface area (Å²) in [6.07, 6.45) is 0.900. The molecule has 0 N–H and O–H groups in total. The van der Waals surface area contributed by atoms with Crippen LogP contribution in [0.2, 0.25) is 0 Å². The Morgan fingerprint density at radius 2 is 0.966 bits per heavy atom. The van der Waals surface area contributed by atoms with Gasteiger partial charge in [-0.25, -0.2) is 0 Å². The quantitative estimate of drug-likeness (QED) is 0.249. The number of alkyl halides is 1. The number of benzene rings is 4. The molecule has 0 fully saturated rings. The number of hydrogen-bond acceptors (Lipinski definition) is 0. The van der Waals surface area contributed by atoms with Crippen LogP contribution in [0.15, 0.2) is 109 Å². The largest absolute Gasteiger partial charge is 0.147 e. The van der Waals surface area contributed by atoms with E-state index in [1.807, 2.05) is 0 Å². The average Bonchev–Trinajstić information content (AvgIpc) is 2.77. The Morgan fingerprint density at radius 3 is 1.52 bits per heavy atom. The molecule has 0 nitrogen and oxygen atoms in total. The van der Waals surface area contributed by atoms with Gasteiger partial charge in [0.05, 0.1) is 0 Å². The van der Waals surface area contributed by atoms with E-state index in [4.69, 9.17) is 11.6 Å². The van der Waals surface area contributed by atoms with Gasteiger partial charge in [0.2, 0.25) is 0 Å². The normalized spacial score (nSPS) is 10.6. The summed E-state index contributed by atoms with van der Waals surface area (Å²) in [6.45, 7) is 0. The van der Waals surface area contributed by atoms with Crippen LogP contribution in [0.3, 0.4) is 0 Å². The fourth-order valence-electron chi connectivity index (χ4n) is 3.53. The predicted molar refractivity (Wildman–Crippen MR) is 131 cm³/mol. The lowest BCUT2D eigenvalue weighted by molar-refractivity contribution is 1.15. The summed E-state index contributed by atoms with van der Waals surface area (Å²) in [4.78, 5) is 0. The van der Waals surface area contributed by atoms with Gasteiger partial charge in [-0.15, -0.1) is 24.0 Å². The van der Waals surface area contributed by atoms with Crippen molar-refractivity contribution in [3.8, 4) is 0 Å². The Labute approximate surface area is 185 Å². The van der Waals surface area contributed by atoms with E-state index in [0.717, 1.165) is 6.42 Å². The highest BCUT2D eigenvalue weighted by Crippen LogP contribution is 2.34. The molecule has 0 aromatic heterocycles. The second-order valence-electron chi connectivity index (χ2n) is 6.71. The smallest absolute Gasteiger partial charge is 0.0476 e. The first-order valence-corrected chi connectivity index (χ1v) is 11.4.